The molecule has 1 aromatic carbocycles. The second-order valence-electron chi connectivity index (χ2n) is 8.66. The first-order valence-corrected chi connectivity index (χ1v) is 11.6. The molecule has 0 aliphatic rings. The number of halogens is 1. The second kappa shape index (κ2) is 17.0. The molecule has 0 fully saturated rings. The number of esters is 1. The van der Waals surface area contributed by atoms with Crippen molar-refractivity contribution in [1.82, 2.24) is 9.88 Å². The summed E-state index contributed by atoms with van der Waals surface area (Å²) in [4.78, 5) is 17.0. The van der Waals surface area contributed by atoms with Gasteiger partial charge in [0.05, 0.1) is 6.61 Å². The van der Waals surface area contributed by atoms with Crippen LogP contribution in [0.5, 0.6) is 0 Å². The Morgan fingerprint density at radius 3 is 2.47 bits per heavy atom. The van der Waals surface area contributed by atoms with Crippen molar-refractivity contribution in [3.8, 4) is 11.1 Å². The molecule has 2 rings (SSSR count). The number of aryl methyl sites for hydroxylation is 1. The average molecular weight is 478 g/mol. The maximum atomic E-state index is 13.9. The van der Waals surface area contributed by atoms with Crippen LogP contribution >= 0.6 is 0 Å². The van der Waals surface area contributed by atoms with Gasteiger partial charge in [-0.25, -0.2) is 9.37 Å². The summed E-state index contributed by atoms with van der Waals surface area (Å²) in [5, 5.41) is 12.1. The lowest BCUT2D eigenvalue weighted by atomic mass is 10.0. The maximum absolute atomic E-state index is 13.9. The van der Waals surface area contributed by atoms with Crippen LogP contribution in [0.25, 0.3) is 11.1 Å². The largest absolute Gasteiger partial charge is 0.460 e. The van der Waals surface area contributed by atoms with Crippen LogP contribution in [0, 0.1) is 18.7 Å². The number of pyridine rings is 1. The fraction of sp³-hybridized carbons (Fsp3) is 0.556. The van der Waals surface area contributed by atoms with E-state index < -0.39 is 0 Å². The van der Waals surface area contributed by atoms with Crippen LogP contribution in [-0.4, -0.2) is 60.9 Å². The number of hydrogen-bond acceptors (Lipinski definition) is 6. The zero-order chi connectivity index (χ0) is 24.8. The molecule has 0 aliphatic carbocycles. The molecule has 2 atom stereocenters. The normalized spacial score (nSPS) is 12.1. The standard InChI is InChI=1S/C17H22FN3.C9H18O3.CH4/c1-13-5-7-15(16(18)11-13)14-6-8-17(20-12-14)19-9-4-10-21(2)3;1-4-7(2)5-9(6-10)12-8(3)11;/h5-8,11-12H,4,9-10H2,1-3H3,(H,19,20);7,9-10H,4-6H2,1-3H3;1H4. The quantitative estimate of drug-likeness (QED) is 0.327. The summed E-state index contributed by atoms with van der Waals surface area (Å²) in [6.07, 6.45) is 4.23. The Labute approximate surface area is 205 Å². The lowest BCUT2D eigenvalue weighted by molar-refractivity contribution is -0.149. The minimum atomic E-state index is -0.322. The first-order chi connectivity index (χ1) is 15.7. The predicted octanol–water partition coefficient (Wildman–Crippen LogP) is 5.54. The molecule has 0 radical (unpaired) electrons. The molecule has 6 nitrogen and oxygen atoms in total. The van der Waals surface area contributed by atoms with Gasteiger partial charge < -0.3 is 20.1 Å². The summed E-state index contributed by atoms with van der Waals surface area (Å²) in [6.45, 7) is 9.23. The molecule has 0 saturated carbocycles. The molecule has 0 aliphatic heterocycles. The number of hydrogen-bond donors (Lipinski definition) is 2. The number of nitrogens with zero attached hydrogens (tertiary/aromatic N) is 2. The highest BCUT2D eigenvalue weighted by Gasteiger charge is 2.13. The lowest BCUT2D eigenvalue weighted by Crippen LogP contribution is -2.22. The summed E-state index contributed by atoms with van der Waals surface area (Å²) in [6, 6.07) is 9.04. The fourth-order valence-corrected chi connectivity index (χ4v) is 3.13. The molecule has 0 spiro atoms. The van der Waals surface area contributed by atoms with Gasteiger partial charge in [0.15, 0.2) is 0 Å². The van der Waals surface area contributed by atoms with Gasteiger partial charge in [-0.05, 0) is 70.1 Å². The topological polar surface area (TPSA) is 74.7 Å². The van der Waals surface area contributed by atoms with Crippen molar-refractivity contribution < 1.29 is 19.0 Å². The number of nitrogens with one attached hydrogen (secondary N) is 1. The van der Waals surface area contributed by atoms with Crippen molar-refractivity contribution in [2.75, 3.05) is 39.1 Å². The van der Waals surface area contributed by atoms with Crippen molar-refractivity contribution >= 4 is 11.8 Å². The highest BCUT2D eigenvalue weighted by molar-refractivity contribution is 5.66. The Kier molecular flexibility index (Phi) is 15.7. The molecule has 0 amide bonds. The second-order valence-corrected chi connectivity index (χ2v) is 8.66. The lowest BCUT2D eigenvalue weighted by Gasteiger charge is -2.17. The minimum absolute atomic E-state index is 0. The molecule has 0 bridgehead atoms. The number of ether oxygens (including phenoxy) is 1. The molecule has 1 heterocycles. The van der Waals surface area contributed by atoms with Crippen molar-refractivity contribution in [1.29, 1.82) is 0 Å². The summed E-state index contributed by atoms with van der Waals surface area (Å²) in [5.74, 6) is 0.785. The van der Waals surface area contributed by atoms with Gasteiger partial charge in [0.1, 0.15) is 17.7 Å². The smallest absolute Gasteiger partial charge is 0.302 e. The summed E-state index contributed by atoms with van der Waals surface area (Å²) in [7, 11) is 4.12. The zero-order valence-electron chi connectivity index (χ0n) is 20.9. The molecule has 2 unspecified atom stereocenters. The third-order valence-corrected chi connectivity index (χ3v) is 5.19. The third kappa shape index (κ3) is 12.7. The molecular formula is C27H44FN3O3. The summed E-state index contributed by atoms with van der Waals surface area (Å²) < 4.78 is 18.8. The van der Waals surface area contributed by atoms with Crippen LogP contribution in [-0.2, 0) is 9.53 Å². The van der Waals surface area contributed by atoms with Crippen molar-refractivity contribution in [3.05, 3.63) is 47.9 Å². The Morgan fingerprint density at radius 2 is 1.97 bits per heavy atom. The van der Waals surface area contributed by atoms with E-state index in [-0.39, 0.29) is 31.9 Å². The van der Waals surface area contributed by atoms with Crippen LogP contribution in [0.2, 0.25) is 0 Å². The third-order valence-electron chi connectivity index (χ3n) is 5.19. The summed E-state index contributed by atoms with van der Waals surface area (Å²) in [5.41, 5.74) is 2.31. The number of carbonyl (C=O) groups excluding carboxylic acids is 1. The van der Waals surface area contributed by atoms with Crippen LogP contribution < -0.4 is 5.32 Å². The van der Waals surface area contributed by atoms with Crippen LogP contribution in [0.3, 0.4) is 0 Å². The van der Waals surface area contributed by atoms with E-state index >= 15 is 0 Å². The van der Waals surface area contributed by atoms with E-state index in [1.54, 1.807) is 18.3 Å². The van der Waals surface area contributed by atoms with E-state index in [0.29, 0.717) is 11.5 Å². The van der Waals surface area contributed by atoms with Crippen molar-refractivity contribution in [3.63, 3.8) is 0 Å². The van der Waals surface area contributed by atoms with E-state index in [4.69, 9.17) is 9.84 Å². The number of aromatic nitrogens is 1. The van der Waals surface area contributed by atoms with Crippen LogP contribution in [0.1, 0.15) is 53.0 Å². The van der Waals surface area contributed by atoms with Crippen molar-refractivity contribution in [2.45, 2.75) is 60.5 Å². The van der Waals surface area contributed by atoms with E-state index in [1.165, 1.54) is 6.92 Å². The molecule has 1 aromatic heterocycles. The van der Waals surface area contributed by atoms with Crippen LogP contribution in [0.4, 0.5) is 10.2 Å². The van der Waals surface area contributed by atoms with Gasteiger partial charge in [0, 0.05) is 30.8 Å². The van der Waals surface area contributed by atoms with E-state index in [9.17, 15) is 9.18 Å². The summed E-state index contributed by atoms with van der Waals surface area (Å²) >= 11 is 0. The number of benzene rings is 1. The maximum Gasteiger partial charge on any atom is 0.302 e. The van der Waals surface area contributed by atoms with Gasteiger partial charge >= 0.3 is 5.97 Å². The SMILES string of the molecule is C.CCC(C)CC(CO)OC(C)=O.Cc1ccc(-c2ccc(NCCCN(C)C)nc2)c(F)c1. The molecule has 7 heteroatoms. The number of anilines is 1. The number of aliphatic hydroxyl groups is 1. The zero-order valence-corrected chi connectivity index (χ0v) is 20.9. The number of aliphatic hydroxyl groups excluding tert-OH is 1. The van der Waals surface area contributed by atoms with E-state index in [0.717, 1.165) is 49.3 Å². The van der Waals surface area contributed by atoms with Gasteiger partial charge in [-0.15, -0.1) is 0 Å². The van der Waals surface area contributed by atoms with Crippen LogP contribution in [0.15, 0.2) is 36.5 Å². The molecule has 2 aromatic rings. The van der Waals surface area contributed by atoms with Gasteiger partial charge in [0.25, 0.3) is 0 Å². The Morgan fingerprint density at radius 1 is 1.26 bits per heavy atom. The first-order valence-electron chi connectivity index (χ1n) is 11.6. The van der Waals surface area contributed by atoms with E-state index in [2.05, 4.69) is 43.1 Å². The molecule has 0 saturated heterocycles. The molecule has 2 N–H and O–H groups in total. The first kappa shape index (κ1) is 31.5. The molecular weight excluding hydrogens is 433 g/mol. The fourth-order valence-electron chi connectivity index (χ4n) is 3.13. The molecule has 34 heavy (non-hydrogen) atoms. The molecule has 192 valence electrons. The van der Waals surface area contributed by atoms with Crippen molar-refractivity contribution in [2.24, 2.45) is 5.92 Å². The Bertz CT molecular complexity index is 828. The highest BCUT2D eigenvalue weighted by atomic mass is 19.1. The van der Waals surface area contributed by atoms with E-state index in [1.807, 2.05) is 25.1 Å². The Balaban J connectivity index is 0.000000723. The number of carbonyl (C=O) groups is 1. The van der Waals surface area contributed by atoms with Gasteiger partial charge in [-0.2, -0.15) is 0 Å². The Hall–Kier alpha value is -2.51. The minimum Gasteiger partial charge on any atom is -0.460 e. The van der Waals surface area contributed by atoms with Gasteiger partial charge in [-0.1, -0.05) is 39.8 Å². The monoisotopic (exact) mass is 477 g/mol. The van der Waals surface area contributed by atoms with Gasteiger partial charge in [-0.3, -0.25) is 4.79 Å². The predicted molar refractivity (Wildman–Crippen MR) is 139 cm³/mol. The van der Waals surface area contributed by atoms with Gasteiger partial charge in [0.2, 0.25) is 0 Å². The average Bonchev–Trinajstić information content (AvgIpc) is 2.76. The number of rotatable bonds is 11. The highest BCUT2D eigenvalue weighted by Crippen LogP contribution is 2.23.